The highest BCUT2D eigenvalue weighted by Gasteiger charge is 1.99. The van der Waals surface area contributed by atoms with Gasteiger partial charge in [-0.15, -0.1) is 0 Å². The lowest BCUT2D eigenvalue weighted by Crippen LogP contribution is -1.96. The fourth-order valence-corrected chi connectivity index (χ4v) is 0.720. The van der Waals surface area contributed by atoms with Crippen molar-refractivity contribution in [2.45, 2.75) is 26.2 Å². The van der Waals surface area contributed by atoms with E-state index in [0.29, 0.717) is 5.57 Å². The quantitative estimate of drug-likeness (QED) is 0.375. The summed E-state index contributed by atoms with van der Waals surface area (Å²) in [4.78, 5) is 10.4. The van der Waals surface area contributed by atoms with Crippen LogP contribution in [-0.4, -0.2) is 11.1 Å². The van der Waals surface area contributed by atoms with Gasteiger partial charge < -0.3 is 5.11 Å². The van der Waals surface area contributed by atoms with Crippen molar-refractivity contribution >= 4 is 5.97 Å². The van der Waals surface area contributed by atoms with Crippen molar-refractivity contribution in [3.05, 3.63) is 24.3 Å². The third-order valence-electron chi connectivity index (χ3n) is 1.39. The molecule has 0 atom stereocenters. The molecule has 0 spiro atoms. The smallest absolute Gasteiger partial charge is 0.335 e. The van der Waals surface area contributed by atoms with Crippen molar-refractivity contribution in [2.24, 2.45) is 0 Å². The van der Waals surface area contributed by atoms with Crippen LogP contribution in [0.2, 0.25) is 0 Å². The highest BCUT2D eigenvalue weighted by atomic mass is 16.4. The summed E-state index contributed by atoms with van der Waals surface area (Å²) >= 11 is 0. The van der Waals surface area contributed by atoms with Gasteiger partial charge in [-0.2, -0.15) is 0 Å². The number of hydrogen-bond donors (Lipinski definition) is 1. The first kappa shape index (κ1) is 9.95. The van der Waals surface area contributed by atoms with Crippen molar-refractivity contribution in [3.63, 3.8) is 0 Å². The Balaban J connectivity index is 3.91. The molecule has 0 aliphatic heterocycles. The molecular weight excluding hydrogens is 140 g/mol. The predicted octanol–water partition coefficient (Wildman–Crippen LogP) is 2.37. The monoisotopic (exact) mass is 154 g/mol. The molecule has 0 bridgehead atoms. The molecule has 62 valence electrons. The highest BCUT2D eigenvalue weighted by Crippen LogP contribution is 2.02. The first-order chi connectivity index (χ1) is 5.22. The summed E-state index contributed by atoms with van der Waals surface area (Å²) in [6, 6.07) is 0. The third kappa shape index (κ3) is 4.37. The van der Waals surface area contributed by atoms with Gasteiger partial charge in [0.1, 0.15) is 0 Å². The average Bonchev–Trinajstić information content (AvgIpc) is 1.97. The van der Waals surface area contributed by atoms with Gasteiger partial charge in [-0.05, 0) is 6.42 Å². The zero-order chi connectivity index (χ0) is 8.69. The zero-order valence-electron chi connectivity index (χ0n) is 6.84. The lowest BCUT2D eigenvalue weighted by atomic mass is 10.2. The van der Waals surface area contributed by atoms with Gasteiger partial charge in [-0.3, -0.25) is 0 Å². The van der Waals surface area contributed by atoms with E-state index in [1.807, 2.05) is 0 Å². The second-order valence-electron chi connectivity index (χ2n) is 2.31. The van der Waals surface area contributed by atoms with Gasteiger partial charge in [0.25, 0.3) is 0 Å². The molecule has 0 aliphatic carbocycles. The van der Waals surface area contributed by atoms with Crippen LogP contribution in [-0.2, 0) is 4.79 Å². The summed E-state index contributed by atoms with van der Waals surface area (Å²) in [5.74, 6) is -0.892. The summed E-state index contributed by atoms with van der Waals surface area (Å²) in [6.07, 6.45) is 6.02. The Hall–Kier alpha value is -1.05. The molecule has 0 aromatic carbocycles. The standard InChI is InChI=1S/C9H14O2/c1-3-5-6-7-8(4-2)9(10)11/h4,7H,2-3,5-6H2,1H3,(H,10,11)/b8-7-. The molecule has 2 heteroatoms. The summed E-state index contributed by atoms with van der Waals surface area (Å²) < 4.78 is 0. The van der Waals surface area contributed by atoms with E-state index in [0.717, 1.165) is 19.3 Å². The van der Waals surface area contributed by atoms with Crippen LogP contribution in [0.3, 0.4) is 0 Å². The van der Waals surface area contributed by atoms with E-state index in [9.17, 15) is 4.79 Å². The number of carboxylic acid groups (broad SMARTS) is 1. The number of aliphatic carboxylic acids is 1. The number of carboxylic acids is 1. The molecule has 0 amide bonds. The molecule has 0 unspecified atom stereocenters. The Labute approximate surface area is 67.2 Å². The number of unbranched alkanes of at least 4 members (excludes halogenated alkanes) is 2. The Morgan fingerprint density at radius 2 is 2.27 bits per heavy atom. The lowest BCUT2D eigenvalue weighted by molar-refractivity contribution is -0.132. The second-order valence-corrected chi connectivity index (χ2v) is 2.31. The van der Waals surface area contributed by atoms with E-state index in [-0.39, 0.29) is 0 Å². The molecule has 2 nitrogen and oxygen atoms in total. The van der Waals surface area contributed by atoms with E-state index in [1.54, 1.807) is 6.08 Å². The van der Waals surface area contributed by atoms with Crippen molar-refractivity contribution in [1.82, 2.24) is 0 Å². The fourth-order valence-electron chi connectivity index (χ4n) is 0.720. The Kier molecular flexibility index (Phi) is 5.17. The molecule has 0 saturated heterocycles. The molecule has 0 aliphatic rings. The number of hydrogen-bond acceptors (Lipinski definition) is 1. The van der Waals surface area contributed by atoms with Crippen molar-refractivity contribution in [1.29, 1.82) is 0 Å². The van der Waals surface area contributed by atoms with Gasteiger partial charge in [-0.1, -0.05) is 38.5 Å². The van der Waals surface area contributed by atoms with Crippen LogP contribution < -0.4 is 0 Å². The van der Waals surface area contributed by atoms with Crippen LogP contribution in [0.15, 0.2) is 24.3 Å². The Morgan fingerprint density at radius 1 is 1.64 bits per heavy atom. The molecule has 0 saturated carbocycles. The summed E-state index contributed by atoms with van der Waals surface area (Å²) in [7, 11) is 0. The van der Waals surface area contributed by atoms with Gasteiger partial charge in [0.15, 0.2) is 0 Å². The third-order valence-corrected chi connectivity index (χ3v) is 1.39. The lowest BCUT2D eigenvalue weighted by Gasteiger charge is -1.93. The van der Waals surface area contributed by atoms with Crippen LogP contribution >= 0.6 is 0 Å². The maximum absolute atomic E-state index is 10.4. The van der Waals surface area contributed by atoms with E-state index in [2.05, 4.69) is 13.5 Å². The molecule has 0 radical (unpaired) electrons. The molecule has 1 N–H and O–H groups in total. The Bertz CT molecular complexity index is 168. The van der Waals surface area contributed by atoms with Gasteiger partial charge in [0, 0.05) is 0 Å². The molecule has 0 rings (SSSR count). The summed E-state index contributed by atoms with van der Waals surface area (Å²) in [6.45, 7) is 5.48. The maximum Gasteiger partial charge on any atom is 0.335 e. The van der Waals surface area contributed by atoms with Gasteiger partial charge in [0.2, 0.25) is 0 Å². The van der Waals surface area contributed by atoms with E-state index >= 15 is 0 Å². The minimum absolute atomic E-state index is 0.304. The molecule has 11 heavy (non-hydrogen) atoms. The molecular formula is C9H14O2. The normalized spacial score (nSPS) is 11.2. The number of allylic oxidation sites excluding steroid dienone is 1. The maximum atomic E-state index is 10.4. The molecule has 0 heterocycles. The summed E-state index contributed by atoms with van der Waals surface area (Å²) in [5.41, 5.74) is 0.304. The van der Waals surface area contributed by atoms with Gasteiger partial charge in [0.05, 0.1) is 5.57 Å². The van der Waals surface area contributed by atoms with Crippen LogP contribution in [0.25, 0.3) is 0 Å². The van der Waals surface area contributed by atoms with Crippen molar-refractivity contribution < 1.29 is 9.90 Å². The fraction of sp³-hybridized carbons (Fsp3) is 0.444. The van der Waals surface area contributed by atoms with E-state index in [1.165, 1.54) is 6.08 Å². The van der Waals surface area contributed by atoms with Crippen molar-refractivity contribution in [2.75, 3.05) is 0 Å². The Morgan fingerprint density at radius 3 is 2.64 bits per heavy atom. The van der Waals surface area contributed by atoms with Crippen molar-refractivity contribution in [3.8, 4) is 0 Å². The minimum atomic E-state index is -0.892. The second kappa shape index (κ2) is 5.71. The summed E-state index contributed by atoms with van der Waals surface area (Å²) in [5, 5.41) is 8.53. The van der Waals surface area contributed by atoms with Gasteiger partial charge in [-0.25, -0.2) is 4.79 Å². The van der Waals surface area contributed by atoms with Gasteiger partial charge >= 0.3 is 5.97 Å². The van der Waals surface area contributed by atoms with Crippen LogP contribution in [0.1, 0.15) is 26.2 Å². The SMILES string of the molecule is C=C/C(=C/CCCC)C(=O)O. The predicted molar refractivity (Wildman–Crippen MR) is 45.4 cm³/mol. The van der Waals surface area contributed by atoms with Crippen LogP contribution in [0, 0.1) is 0 Å². The largest absolute Gasteiger partial charge is 0.478 e. The van der Waals surface area contributed by atoms with E-state index in [4.69, 9.17) is 5.11 Å². The number of carbonyl (C=O) groups is 1. The van der Waals surface area contributed by atoms with Crippen LogP contribution in [0.4, 0.5) is 0 Å². The average molecular weight is 154 g/mol. The number of rotatable bonds is 5. The molecule has 0 aromatic heterocycles. The topological polar surface area (TPSA) is 37.3 Å². The minimum Gasteiger partial charge on any atom is -0.478 e. The zero-order valence-corrected chi connectivity index (χ0v) is 6.84. The van der Waals surface area contributed by atoms with E-state index < -0.39 is 5.97 Å². The highest BCUT2D eigenvalue weighted by molar-refractivity contribution is 5.89. The first-order valence-electron chi connectivity index (χ1n) is 3.78. The molecule has 0 aromatic rings. The molecule has 0 fully saturated rings. The van der Waals surface area contributed by atoms with Crippen LogP contribution in [0.5, 0.6) is 0 Å². The first-order valence-corrected chi connectivity index (χ1v) is 3.78.